The molecule has 1 aliphatic heterocycles. The van der Waals surface area contributed by atoms with E-state index in [4.69, 9.17) is 0 Å². The summed E-state index contributed by atoms with van der Waals surface area (Å²) in [4.78, 5) is 2.54. The molecule has 1 aromatic carbocycles. The summed E-state index contributed by atoms with van der Waals surface area (Å²) in [5.74, 6) is 2.24. The molecule has 0 bridgehead atoms. The molecule has 19 heavy (non-hydrogen) atoms. The van der Waals surface area contributed by atoms with Gasteiger partial charge < -0.3 is 15.1 Å². The fourth-order valence-corrected chi connectivity index (χ4v) is 3.81. The second-order valence-electron chi connectivity index (χ2n) is 6.36. The lowest BCUT2D eigenvalue weighted by Crippen LogP contribution is -2.27. The first-order valence-corrected chi connectivity index (χ1v) is 7.31. The summed E-state index contributed by atoms with van der Waals surface area (Å²) in [5, 5.41) is 19.0. The fraction of sp³-hybridized carbons (Fsp3) is 0.625. The van der Waals surface area contributed by atoms with E-state index in [1.165, 1.54) is 5.56 Å². The molecule has 0 spiro atoms. The average molecular weight is 261 g/mol. The number of phenols is 1. The van der Waals surface area contributed by atoms with Crippen LogP contribution < -0.4 is 0 Å². The molecule has 3 heteroatoms. The minimum absolute atomic E-state index is 0.0494. The molecule has 4 atom stereocenters. The normalized spacial score (nSPS) is 32.4. The van der Waals surface area contributed by atoms with Crippen molar-refractivity contribution in [1.82, 2.24) is 4.90 Å². The van der Waals surface area contributed by atoms with Gasteiger partial charge in [0.05, 0.1) is 6.10 Å². The number of hydrogen-bond acceptors (Lipinski definition) is 3. The van der Waals surface area contributed by atoms with Crippen LogP contribution in [0.3, 0.4) is 0 Å². The van der Waals surface area contributed by atoms with Gasteiger partial charge in [-0.05, 0) is 48.3 Å². The van der Waals surface area contributed by atoms with Gasteiger partial charge in [0, 0.05) is 19.6 Å². The number of nitrogens with zero attached hydrogens (tertiary/aromatic N) is 1. The molecule has 1 saturated heterocycles. The Labute approximate surface area is 114 Å². The van der Waals surface area contributed by atoms with Crippen molar-refractivity contribution in [2.45, 2.75) is 31.8 Å². The van der Waals surface area contributed by atoms with Crippen molar-refractivity contribution >= 4 is 0 Å². The van der Waals surface area contributed by atoms with Crippen molar-refractivity contribution in [2.75, 3.05) is 19.6 Å². The SMILES string of the molecule is CC(CN1C[C@H]2C[C@@H](O)C[C@H]2C1)c1ccc(O)cc1. The number of phenolic OH excluding ortho intramolecular Hbond substituents is 1. The molecule has 2 N–H and O–H groups in total. The summed E-state index contributed by atoms with van der Waals surface area (Å²) in [5.41, 5.74) is 1.29. The molecular weight excluding hydrogens is 238 g/mol. The lowest BCUT2D eigenvalue weighted by molar-refractivity contribution is 0.161. The summed E-state index contributed by atoms with van der Waals surface area (Å²) < 4.78 is 0. The number of likely N-dealkylation sites (tertiary alicyclic amines) is 1. The minimum Gasteiger partial charge on any atom is -0.508 e. The van der Waals surface area contributed by atoms with Crippen LogP contribution in [-0.2, 0) is 0 Å². The van der Waals surface area contributed by atoms with Gasteiger partial charge in [-0.15, -0.1) is 0 Å². The second-order valence-corrected chi connectivity index (χ2v) is 6.36. The number of fused-ring (bicyclic) bond motifs is 1. The molecule has 2 aliphatic rings. The Balaban J connectivity index is 1.56. The zero-order valence-electron chi connectivity index (χ0n) is 11.5. The zero-order valence-corrected chi connectivity index (χ0v) is 11.5. The maximum atomic E-state index is 9.66. The lowest BCUT2D eigenvalue weighted by Gasteiger charge is -2.22. The number of benzene rings is 1. The molecule has 104 valence electrons. The van der Waals surface area contributed by atoms with Crippen LogP contribution in [0.15, 0.2) is 24.3 Å². The maximum absolute atomic E-state index is 9.66. The van der Waals surface area contributed by atoms with Crippen molar-refractivity contribution < 1.29 is 10.2 Å². The summed E-state index contributed by atoms with van der Waals surface area (Å²) >= 11 is 0. The van der Waals surface area contributed by atoms with E-state index >= 15 is 0 Å². The van der Waals surface area contributed by atoms with Crippen LogP contribution in [0, 0.1) is 11.8 Å². The highest BCUT2D eigenvalue weighted by Gasteiger charge is 2.40. The zero-order chi connectivity index (χ0) is 13.4. The Morgan fingerprint density at radius 2 is 1.74 bits per heavy atom. The molecule has 3 nitrogen and oxygen atoms in total. The monoisotopic (exact) mass is 261 g/mol. The van der Waals surface area contributed by atoms with Gasteiger partial charge >= 0.3 is 0 Å². The largest absolute Gasteiger partial charge is 0.508 e. The first-order chi connectivity index (χ1) is 9.11. The number of aliphatic hydroxyl groups is 1. The van der Waals surface area contributed by atoms with Crippen molar-refractivity contribution in [3.63, 3.8) is 0 Å². The van der Waals surface area contributed by atoms with Gasteiger partial charge in [0.1, 0.15) is 5.75 Å². The third-order valence-electron chi connectivity index (χ3n) is 4.80. The Hall–Kier alpha value is -1.06. The molecule has 0 amide bonds. The van der Waals surface area contributed by atoms with E-state index in [1.54, 1.807) is 12.1 Å². The molecule has 1 saturated carbocycles. The van der Waals surface area contributed by atoms with E-state index in [-0.39, 0.29) is 6.10 Å². The molecule has 0 radical (unpaired) electrons. The van der Waals surface area contributed by atoms with Crippen molar-refractivity contribution in [1.29, 1.82) is 0 Å². The molecule has 1 heterocycles. The Morgan fingerprint density at radius 3 is 2.32 bits per heavy atom. The molecule has 1 aromatic rings. The number of hydrogen-bond donors (Lipinski definition) is 2. The quantitative estimate of drug-likeness (QED) is 0.876. The van der Waals surface area contributed by atoms with E-state index in [0.717, 1.165) is 32.5 Å². The summed E-state index contributed by atoms with van der Waals surface area (Å²) in [6.45, 7) is 5.61. The van der Waals surface area contributed by atoms with Crippen LogP contribution in [0.1, 0.15) is 31.2 Å². The van der Waals surface area contributed by atoms with E-state index < -0.39 is 0 Å². The highest BCUT2D eigenvalue weighted by Crippen LogP contribution is 2.38. The molecule has 1 aliphatic carbocycles. The summed E-state index contributed by atoms with van der Waals surface area (Å²) in [7, 11) is 0. The topological polar surface area (TPSA) is 43.7 Å². The summed E-state index contributed by atoms with van der Waals surface area (Å²) in [6.07, 6.45) is 1.94. The van der Waals surface area contributed by atoms with Crippen LogP contribution in [0.5, 0.6) is 5.75 Å². The van der Waals surface area contributed by atoms with Crippen LogP contribution in [0.4, 0.5) is 0 Å². The Morgan fingerprint density at radius 1 is 1.16 bits per heavy atom. The number of rotatable bonds is 3. The van der Waals surface area contributed by atoms with Gasteiger partial charge in [0.25, 0.3) is 0 Å². The predicted molar refractivity (Wildman–Crippen MR) is 75.2 cm³/mol. The number of aromatic hydroxyl groups is 1. The van der Waals surface area contributed by atoms with Gasteiger partial charge in [0.2, 0.25) is 0 Å². The van der Waals surface area contributed by atoms with Gasteiger partial charge in [-0.25, -0.2) is 0 Å². The molecule has 0 aromatic heterocycles. The highest BCUT2D eigenvalue weighted by molar-refractivity contribution is 5.28. The van der Waals surface area contributed by atoms with Gasteiger partial charge in [-0.2, -0.15) is 0 Å². The molecule has 1 unspecified atom stereocenters. The Bertz CT molecular complexity index is 417. The van der Waals surface area contributed by atoms with E-state index in [1.807, 2.05) is 12.1 Å². The number of aliphatic hydroxyl groups excluding tert-OH is 1. The fourth-order valence-electron chi connectivity index (χ4n) is 3.81. The first kappa shape index (κ1) is 12.9. The van der Waals surface area contributed by atoms with Crippen molar-refractivity contribution in [3.05, 3.63) is 29.8 Å². The lowest BCUT2D eigenvalue weighted by atomic mass is 10.0. The standard InChI is InChI=1S/C16H23NO2/c1-11(12-2-4-15(18)5-3-12)8-17-9-13-6-16(19)7-14(13)10-17/h2-5,11,13-14,16,18-19H,6-10H2,1H3/t11?,13-,14+,16-. The Kier molecular flexibility index (Phi) is 3.50. The van der Waals surface area contributed by atoms with Crippen molar-refractivity contribution in [3.8, 4) is 5.75 Å². The third-order valence-corrected chi connectivity index (χ3v) is 4.80. The first-order valence-electron chi connectivity index (χ1n) is 7.31. The maximum Gasteiger partial charge on any atom is 0.115 e. The molecular formula is C16H23NO2. The third kappa shape index (κ3) is 2.77. The van der Waals surface area contributed by atoms with E-state index in [9.17, 15) is 10.2 Å². The second kappa shape index (κ2) is 5.14. The van der Waals surface area contributed by atoms with Crippen LogP contribution >= 0.6 is 0 Å². The smallest absolute Gasteiger partial charge is 0.115 e. The van der Waals surface area contributed by atoms with Gasteiger partial charge in [-0.1, -0.05) is 19.1 Å². The van der Waals surface area contributed by atoms with Crippen LogP contribution in [-0.4, -0.2) is 40.9 Å². The van der Waals surface area contributed by atoms with Gasteiger partial charge in [-0.3, -0.25) is 0 Å². The van der Waals surface area contributed by atoms with Crippen LogP contribution in [0.2, 0.25) is 0 Å². The summed E-state index contributed by atoms with van der Waals surface area (Å²) in [6, 6.07) is 7.56. The molecule has 2 fully saturated rings. The minimum atomic E-state index is -0.0494. The van der Waals surface area contributed by atoms with E-state index in [2.05, 4.69) is 11.8 Å². The predicted octanol–water partition coefficient (Wildman–Crippen LogP) is 2.20. The van der Waals surface area contributed by atoms with Gasteiger partial charge in [0.15, 0.2) is 0 Å². The average Bonchev–Trinajstić information content (AvgIpc) is 2.86. The van der Waals surface area contributed by atoms with Crippen LogP contribution in [0.25, 0.3) is 0 Å². The molecule has 3 rings (SSSR count). The highest BCUT2D eigenvalue weighted by atomic mass is 16.3. The van der Waals surface area contributed by atoms with E-state index in [0.29, 0.717) is 23.5 Å². The van der Waals surface area contributed by atoms with Crippen molar-refractivity contribution in [2.24, 2.45) is 11.8 Å².